The largest absolute Gasteiger partial charge is 0.383 e. The van der Waals surface area contributed by atoms with Crippen LogP contribution < -0.4 is 5.32 Å². The lowest BCUT2D eigenvalue weighted by atomic mass is 9.93. The minimum absolute atomic E-state index is 0.130. The van der Waals surface area contributed by atoms with E-state index in [2.05, 4.69) is 32.2 Å². The van der Waals surface area contributed by atoms with E-state index in [1.807, 2.05) is 13.0 Å². The molecule has 2 saturated heterocycles. The van der Waals surface area contributed by atoms with Gasteiger partial charge in [0.2, 0.25) is 5.91 Å². The van der Waals surface area contributed by atoms with Crippen molar-refractivity contribution in [2.24, 2.45) is 5.92 Å². The van der Waals surface area contributed by atoms with Gasteiger partial charge in [0.05, 0.1) is 18.2 Å². The van der Waals surface area contributed by atoms with E-state index in [1.54, 1.807) is 7.11 Å². The molecular formula is C21H34N4O2. The van der Waals surface area contributed by atoms with Crippen molar-refractivity contribution in [1.29, 1.82) is 0 Å². The van der Waals surface area contributed by atoms with Gasteiger partial charge in [-0.25, -0.2) is 0 Å². The van der Waals surface area contributed by atoms with Crippen molar-refractivity contribution in [3.05, 3.63) is 29.6 Å². The average Bonchev–Trinajstić information content (AvgIpc) is 2.69. The van der Waals surface area contributed by atoms with Crippen LogP contribution in [-0.4, -0.2) is 73.2 Å². The smallest absolute Gasteiger partial charge is 0.224 e. The number of aromatic nitrogens is 1. The number of nitrogens with zero attached hydrogens (tertiary/aromatic N) is 3. The van der Waals surface area contributed by atoms with Gasteiger partial charge >= 0.3 is 0 Å². The summed E-state index contributed by atoms with van der Waals surface area (Å²) >= 11 is 0. The summed E-state index contributed by atoms with van der Waals surface area (Å²) in [7, 11) is 1.66. The minimum atomic E-state index is 0.130. The molecule has 1 unspecified atom stereocenters. The molecule has 1 aromatic rings. The van der Waals surface area contributed by atoms with Crippen LogP contribution in [0.2, 0.25) is 0 Å². The molecule has 3 heterocycles. The first-order valence-electron chi connectivity index (χ1n) is 10.3. The number of carbonyl (C=O) groups is 1. The van der Waals surface area contributed by atoms with Gasteiger partial charge in [0.1, 0.15) is 0 Å². The van der Waals surface area contributed by atoms with E-state index in [4.69, 9.17) is 4.74 Å². The number of ether oxygens (including phenoxy) is 1. The van der Waals surface area contributed by atoms with Gasteiger partial charge in [-0.1, -0.05) is 6.07 Å². The number of methoxy groups -OCH3 is 1. The standard InChI is InChI=1S/C21H34N4O2/c1-17-5-3-7-19(23-17)16-24-12-8-20(9-13-24)25-11-4-6-18(15-25)21(26)22-10-14-27-2/h3,5,7,18,20H,4,6,8-16H2,1-2H3,(H,22,26). The molecule has 2 aliphatic rings. The molecule has 0 bridgehead atoms. The fraction of sp³-hybridized carbons (Fsp3) is 0.714. The van der Waals surface area contributed by atoms with E-state index in [-0.39, 0.29) is 11.8 Å². The Balaban J connectivity index is 1.44. The quantitative estimate of drug-likeness (QED) is 0.738. The van der Waals surface area contributed by atoms with E-state index in [0.717, 1.165) is 51.3 Å². The van der Waals surface area contributed by atoms with Crippen molar-refractivity contribution < 1.29 is 9.53 Å². The van der Waals surface area contributed by atoms with Gasteiger partial charge in [-0.15, -0.1) is 0 Å². The summed E-state index contributed by atoms with van der Waals surface area (Å²) in [5, 5.41) is 3.01. The Morgan fingerprint density at radius 1 is 1.26 bits per heavy atom. The maximum Gasteiger partial charge on any atom is 0.224 e. The summed E-state index contributed by atoms with van der Waals surface area (Å²) in [6.07, 6.45) is 4.50. The summed E-state index contributed by atoms with van der Waals surface area (Å²) in [5.74, 6) is 0.324. The third kappa shape index (κ3) is 5.99. The molecule has 0 aromatic carbocycles. The average molecular weight is 375 g/mol. The summed E-state index contributed by atoms with van der Waals surface area (Å²) in [5.41, 5.74) is 2.25. The molecule has 1 N–H and O–H groups in total. The van der Waals surface area contributed by atoms with Crippen molar-refractivity contribution in [3.63, 3.8) is 0 Å². The molecule has 0 aliphatic carbocycles. The van der Waals surface area contributed by atoms with E-state index >= 15 is 0 Å². The van der Waals surface area contributed by atoms with Gasteiger partial charge in [-0.2, -0.15) is 0 Å². The van der Waals surface area contributed by atoms with Gasteiger partial charge in [-0.05, 0) is 51.3 Å². The van der Waals surface area contributed by atoms with Crippen LogP contribution in [-0.2, 0) is 16.1 Å². The summed E-state index contributed by atoms with van der Waals surface area (Å²) in [4.78, 5) is 22.1. The monoisotopic (exact) mass is 374 g/mol. The number of aryl methyl sites for hydroxylation is 1. The number of carbonyl (C=O) groups excluding carboxylic acids is 1. The zero-order chi connectivity index (χ0) is 19.1. The predicted molar refractivity (Wildman–Crippen MR) is 106 cm³/mol. The molecule has 1 amide bonds. The van der Waals surface area contributed by atoms with Crippen LogP contribution in [0, 0.1) is 12.8 Å². The SMILES string of the molecule is COCCNC(=O)C1CCCN(C2CCN(Cc3cccc(C)n3)CC2)C1. The first-order chi connectivity index (χ1) is 13.2. The molecular weight excluding hydrogens is 340 g/mol. The van der Waals surface area contributed by atoms with Crippen molar-refractivity contribution in [3.8, 4) is 0 Å². The van der Waals surface area contributed by atoms with Gasteiger partial charge in [-0.3, -0.25) is 19.6 Å². The molecule has 27 heavy (non-hydrogen) atoms. The van der Waals surface area contributed by atoms with E-state index in [0.29, 0.717) is 19.2 Å². The molecule has 150 valence electrons. The Bertz CT molecular complexity index is 602. The second-order valence-corrected chi connectivity index (χ2v) is 7.90. The first-order valence-corrected chi connectivity index (χ1v) is 10.3. The number of likely N-dealkylation sites (tertiary alicyclic amines) is 2. The van der Waals surface area contributed by atoms with E-state index in [1.165, 1.54) is 18.5 Å². The summed E-state index contributed by atoms with van der Waals surface area (Å²) in [6.45, 7) is 8.44. The van der Waals surface area contributed by atoms with Crippen molar-refractivity contribution in [2.75, 3.05) is 46.4 Å². The third-order valence-electron chi connectivity index (χ3n) is 5.83. The molecule has 3 rings (SSSR count). The maximum atomic E-state index is 12.4. The fourth-order valence-electron chi connectivity index (χ4n) is 4.33. The lowest BCUT2D eigenvalue weighted by Gasteiger charge is -2.42. The number of piperidine rings is 2. The highest BCUT2D eigenvalue weighted by Crippen LogP contribution is 2.24. The number of pyridine rings is 1. The Labute approximate surface area is 163 Å². The highest BCUT2D eigenvalue weighted by Gasteiger charge is 2.31. The highest BCUT2D eigenvalue weighted by molar-refractivity contribution is 5.78. The number of rotatable bonds is 7. The van der Waals surface area contributed by atoms with Crippen molar-refractivity contribution in [2.45, 2.75) is 45.2 Å². The summed E-state index contributed by atoms with van der Waals surface area (Å²) < 4.78 is 5.02. The zero-order valence-electron chi connectivity index (χ0n) is 16.8. The summed E-state index contributed by atoms with van der Waals surface area (Å²) in [6, 6.07) is 6.88. The number of hydrogen-bond donors (Lipinski definition) is 1. The van der Waals surface area contributed by atoms with Gasteiger partial charge in [0, 0.05) is 51.6 Å². The van der Waals surface area contributed by atoms with Gasteiger partial charge in [0.15, 0.2) is 0 Å². The predicted octanol–water partition coefficient (Wildman–Crippen LogP) is 1.83. The molecule has 0 saturated carbocycles. The van der Waals surface area contributed by atoms with Crippen LogP contribution in [0.4, 0.5) is 0 Å². The molecule has 1 atom stereocenters. The van der Waals surface area contributed by atoms with Crippen LogP contribution in [0.25, 0.3) is 0 Å². The number of nitrogens with one attached hydrogen (secondary N) is 1. The Morgan fingerprint density at radius 3 is 2.81 bits per heavy atom. The second-order valence-electron chi connectivity index (χ2n) is 7.90. The van der Waals surface area contributed by atoms with Crippen molar-refractivity contribution in [1.82, 2.24) is 20.1 Å². The normalized spacial score (nSPS) is 22.7. The molecule has 6 heteroatoms. The van der Waals surface area contributed by atoms with E-state index < -0.39 is 0 Å². The van der Waals surface area contributed by atoms with Gasteiger partial charge in [0.25, 0.3) is 0 Å². The van der Waals surface area contributed by atoms with Crippen LogP contribution in [0.5, 0.6) is 0 Å². The fourth-order valence-corrected chi connectivity index (χ4v) is 4.33. The molecule has 0 spiro atoms. The van der Waals surface area contributed by atoms with Crippen LogP contribution in [0.1, 0.15) is 37.1 Å². The van der Waals surface area contributed by atoms with Crippen LogP contribution >= 0.6 is 0 Å². The zero-order valence-corrected chi connectivity index (χ0v) is 16.8. The van der Waals surface area contributed by atoms with Crippen molar-refractivity contribution >= 4 is 5.91 Å². The van der Waals surface area contributed by atoms with E-state index in [9.17, 15) is 4.79 Å². The molecule has 6 nitrogen and oxygen atoms in total. The number of hydrogen-bond acceptors (Lipinski definition) is 5. The lowest BCUT2D eigenvalue weighted by molar-refractivity contribution is -0.127. The Hall–Kier alpha value is -1.50. The Morgan fingerprint density at radius 2 is 2.07 bits per heavy atom. The lowest BCUT2D eigenvalue weighted by Crippen LogP contribution is -2.50. The molecule has 2 aliphatic heterocycles. The topological polar surface area (TPSA) is 57.7 Å². The highest BCUT2D eigenvalue weighted by atomic mass is 16.5. The molecule has 0 radical (unpaired) electrons. The maximum absolute atomic E-state index is 12.4. The third-order valence-corrected chi connectivity index (χ3v) is 5.83. The van der Waals surface area contributed by atoms with Crippen LogP contribution in [0.3, 0.4) is 0 Å². The molecule has 2 fully saturated rings. The Kier molecular flexibility index (Phi) is 7.61. The van der Waals surface area contributed by atoms with Crippen LogP contribution in [0.15, 0.2) is 18.2 Å². The first kappa shape index (κ1) is 20.2. The van der Waals surface area contributed by atoms with Gasteiger partial charge < -0.3 is 10.1 Å². The molecule has 1 aromatic heterocycles. The number of amides is 1. The second kappa shape index (κ2) is 10.2. The minimum Gasteiger partial charge on any atom is -0.383 e.